The lowest BCUT2D eigenvalue weighted by Gasteiger charge is -2.56. The topological polar surface area (TPSA) is 133 Å². The van der Waals surface area contributed by atoms with Crippen LogP contribution in [0.25, 0.3) is 0 Å². The maximum atomic E-state index is 13.8. The van der Waals surface area contributed by atoms with Crippen LogP contribution >= 0.6 is 0 Å². The van der Waals surface area contributed by atoms with Crippen molar-refractivity contribution in [2.45, 2.75) is 75.1 Å². The maximum absolute atomic E-state index is 13.8. The number of fused-ring (bicyclic) bond motifs is 1. The second kappa shape index (κ2) is 8.26. The van der Waals surface area contributed by atoms with Gasteiger partial charge >= 0.3 is 35.9 Å². The van der Waals surface area contributed by atoms with Crippen molar-refractivity contribution in [3.63, 3.8) is 0 Å². The van der Waals surface area contributed by atoms with Crippen molar-refractivity contribution in [2.24, 2.45) is 46.8 Å². The van der Waals surface area contributed by atoms with Crippen LogP contribution in [0.2, 0.25) is 0 Å². The van der Waals surface area contributed by atoms with Gasteiger partial charge in [-0.1, -0.05) is 0 Å². The zero-order valence-electron chi connectivity index (χ0n) is 20.8. The number of rotatable bonds is 6. The smallest absolute Gasteiger partial charge is 0.438 e. The highest BCUT2D eigenvalue weighted by Gasteiger charge is 2.79. The van der Waals surface area contributed by atoms with Crippen LogP contribution in [0.5, 0.6) is 0 Å². The first-order valence-electron chi connectivity index (χ1n) is 13.1. The van der Waals surface area contributed by atoms with Gasteiger partial charge in [0.05, 0.1) is 23.2 Å². The van der Waals surface area contributed by atoms with E-state index in [0.29, 0.717) is 37.0 Å². The SMILES string of the molecule is O=C1OC2(OC(=O)C34CC5CC(CC(C5)C3)C4)CC3CC2C(C(=O)OC(CS(=O)(=O)O)(C(F)(F)F)C(F)(F)F)C13. The summed E-state index contributed by atoms with van der Waals surface area (Å²) in [6.07, 6.45) is -8.44. The van der Waals surface area contributed by atoms with E-state index in [1.165, 1.54) is 0 Å². The maximum Gasteiger partial charge on any atom is 0.438 e. The molecule has 8 aliphatic rings. The van der Waals surface area contributed by atoms with Gasteiger partial charge in [0.25, 0.3) is 15.9 Å². The van der Waals surface area contributed by atoms with E-state index in [9.17, 15) is 49.1 Å². The Bertz CT molecular complexity index is 1210. The van der Waals surface area contributed by atoms with E-state index >= 15 is 0 Å². The molecular weight excluding hydrogens is 578 g/mol. The quantitative estimate of drug-likeness (QED) is 0.275. The molecule has 0 aromatic rings. The molecule has 2 saturated heterocycles. The van der Waals surface area contributed by atoms with Gasteiger partial charge in [0.15, 0.2) is 0 Å². The monoisotopic (exact) mass is 604 g/mol. The summed E-state index contributed by atoms with van der Waals surface area (Å²) in [6, 6.07) is 0. The van der Waals surface area contributed by atoms with E-state index in [1.807, 2.05) is 0 Å². The third kappa shape index (κ3) is 3.97. The lowest BCUT2D eigenvalue weighted by Crippen LogP contribution is -2.66. The molecule has 6 saturated carbocycles. The summed E-state index contributed by atoms with van der Waals surface area (Å²) in [5.74, 6) is -13.4. The number of halogens is 6. The molecule has 0 amide bonds. The zero-order valence-corrected chi connectivity index (χ0v) is 21.6. The summed E-state index contributed by atoms with van der Waals surface area (Å²) in [4.78, 5) is 39.5. The minimum absolute atomic E-state index is 0.0618. The van der Waals surface area contributed by atoms with Crippen LogP contribution < -0.4 is 0 Å². The Balaban J connectivity index is 1.29. The molecule has 0 radical (unpaired) electrons. The predicted molar refractivity (Wildman–Crippen MR) is 116 cm³/mol. The summed E-state index contributed by atoms with van der Waals surface area (Å²) < 4.78 is 129. The Morgan fingerprint density at radius 2 is 1.45 bits per heavy atom. The second-order valence-corrected chi connectivity index (χ2v) is 14.1. The minimum Gasteiger partial charge on any atom is -0.438 e. The van der Waals surface area contributed by atoms with Gasteiger partial charge in [-0.15, -0.1) is 0 Å². The van der Waals surface area contributed by atoms with Crippen molar-refractivity contribution in [1.29, 1.82) is 0 Å². The van der Waals surface area contributed by atoms with Crippen LogP contribution in [0, 0.1) is 46.8 Å². The third-order valence-electron chi connectivity index (χ3n) is 10.1. The fourth-order valence-electron chi connectivity index (χ4n) is 9.08. The van der Waals surface area contributed by atoms with Gasteiger partial charge in [0.1, 0.15) is 5.75 Å². The van der Waals surface area contributed by atoms with Crippen molar-refractivity contribution in [1.82, 2.24) is 0 Å². The molecule has 8 rings (SSSR count). The van der Waals surface area contributed by atoms with Crippen LogP contribution in [0.15, 0.2) is 0 Å². The number of esters is 3. The average molecular weight is 605 g/mol. The zero-order chi connectivity index (χ0) is 29.3. The van der Waals surface area contributed by atoms with Crippen LogP contribution in [0.3, 0.4) is 0 Å². The Labute approximate surface area is 224 Å². The van der Waals surface area contributed by atoms with Crippen molar-refractivity contribution in [2.75, 3.05) is 5.75 Å². The fraction of sp³-hybridized carbons (Fsp3) is 0.875. The van der Waals surface area contributed by atoms with E-state index in [1.54, 1.807) is 0 Å². The molecule has 5 unspecified atom stereocenters. The molecule has 16 heteroatoms. The summed E-state index contributed by atoms with van der Waals surface area (Å²) in [6.45, 7) is 0. The molecule has 5 atom stereocenters. The van der Waals surface area contributed by atoms with E-state index in [-0.39, 0.29) is 12.8 Å². The van der Waals surface area contributed by atoms with Gasteiger partial charge < -0.3 is 14.2 Å². The van der Waals surface area contributed by atoms with Crippen LogP contribution in [-0.4, -0.2) is 60.4 Å². The van der Waals surface area contributed by atoms with Gasteiger partial charge in [-0.25, -0.2) is 0 Å². The first-order chi connectivity index (χ1) is 18.3. The Hall–Kier alpha value is -2.10. The highest BCUT2D eigenvalue weighted by Crippen LogP contribution is 2.66. The normalized spacial score (nSPS) is 41.8. The molecule has 2 heterocycles. The van der Waals surface area contributed by atoms with E-state index in [2.05, 4.69) is 4.74 Å². The number of hydrogen-bond acceptors (Lipinski definition) is 8. The summed E-state index contributed by atoms with van der Waals surface area (Å²) >= 11 is 0. The summed E-state index contributed by atoms with van der Waals surface area (Å²) in [5.41, 5.74) is -6.43. The Morgan fingerprint density at radius 3 is 1.93 bits per heavy atom. The van der Waals surface area contributed by atoms with Crippen LogP contribution in [0.1, 0.15) is 51.4 Å². The molecule has 8 bridgehead atoms. The highest BCUT2D eigenvalue weighted by atomic mass is 32.2. The standard InChI is InChI=1S/C24H26F6O9S/c25-23(26,27)22(24(28,29)30,9-40(34,35)36)38-18(32)16-14-4-13-8-21(14,37-17(31)15(13)16)39-19(33)20-5-10-1-11(6-20)3-12(2-10)7-20/h10-16H,1-9H2,(H,34,35,36). The molecule has 40 heavy (non-hydrogen) atoms. The van der Waals surface area contributed by atoms with Crippen molar-refractivity contribution < 1.29 is 67.9 Å². The number of ether oxygens (including phenoxy) is 3. The molecule has 8 fully saturated rings. The van der Waals surface area contributed by atoms with Crippen LogP contribution in [0.4, 0.5) is 26.3 Å². The van der Waals surface area contributed by atoms with Gasteiger partial charge in [0, 0.05) is 6.42 Å². The van der Waals surface area contributed by atoms with Crippen LogP contribution in [-0.2, 0) is 38.7 Å². The molecule has 0 spiro atoms. The van der Waals surface area contributed by atoms with E-state index in [4.69, 9.17) is 14.0 Å². The summed E-state index contributed by atoms with van der Waals surface area (Å²) in [5, 5.41) is 0. The highest BCUT2D eigenvalue weighted by molar-refractivity contribution is 7.85. The summed E-state index contributed by atoms with van der Waals surface area (Å²) in [7, 11) is -5.98. The van der Waals surface area contributed by atoms with E-state index in [0.717, 1.165) is 19.3 Å². The van der Waals surface area contributed by atoms with Gasteiger partial charge in [-0.05, 0) is 68.6 Å². The van der Waals surface area contributed by atoms with Crippen molar-refractivity contribution in [3.05, 3.63) is 0 Å². The third-order valence-corrected chi connectivity index (χ3v) is 10.9. The first kappa shape index (κ1) is 28.0. The predicted octanol–water partition coefficient (Wildman–Crippen LogP) is 3.57. The Kier molecular flexibility index (Phi) is 5.79. The molecule has 9 nitrogen and oxygen atoms in total. The van der Waals surface area contributed by atoms with Gasteiger partial charge in [-0.3, -0.25) is 18.9 Å². The van der Waals surface area contributed by atoms with Gasteiger partial charge in [0.2, 0.25) is 0 Å². The van der Waals surface area contributed by atoms with E-state index < -0.39 is 86.6 Å². The molecule has 0 aromatic carbocycles. The number of alkyl halides is 6. The fourth-order valence-corrected chi connectivity index (χ4v) is 9.98. The Morgan fingerprint density at radius 1 is 0.925 bits per heavy atom. The number of hydrogen-bond donors (Lipinski definition) is 1. The first-order valence-corrected chi connectivity index (χ1v) is 14.7. The molecule has 224 valence electrons. The molecule has 1 N–H and O–H groups in total. The van der Waals surface area contributed by atoms with Crippen molar-refractivity contribution in [3.8, 4) is 0 Å². The largest absolute Gasteiger partial charge is 0.438 e. The molecule has 2 aliphatic heterocycles. The number of carbonyl (C=O) groups excluding carboxylic acids is 3. The molecular formula is C24H26F6O9S. The lowest BCUT2D eigenvalue weighted by atomic mass is 9.49. The molecule has 6 aliphatic carbocycles. The van der Waals surface area contributed by atoms with Crippen molar-refractivity contribution >= 4 is 28.0 Å². The molecule has 0 aromatic heterocycles. The second-order valence-electron chi connectivity index (χ2n) is 12.6. The number of carbonyl (C=O) groups is 3. The minimum atomic E-state index is -6.50. The lowest BCUT2D eigenvalue weighted by molar-refractivity contribution is -0.364. The average Bonchev–Trinajstić information content (AvgIpc) is 3.28. The van der Waals surface area contributed by atoms with Gasteiger partial charge in [-0.2, -0.15) is 34.8 Å².